The molecule has 0 atom stereocenters. The summed E-state index contributed by atoms with van der Waals surface area (Å²) in [6.07, 6.45) is 1.77. The van der Waals surface area contributed by atoms with Crippen LogP contribution in [-0.4, -0.2) is 11.0 Å². The topological polar surface area (TPSA) is 54.0 Å². The van der Waals surface area contributed by atoms with Gasteiger partial charge in [-0.25, -0.2) is 4.79 Å². The van der Waals surface area contributed by atoms with Crippen LogP contribution in [0.2, 0.25) is 0 Å². The Bertz CT molecular complexity index is 844. The number of benzene rings is 1. The Labute approximate surface area is 145 Å². The molecule has 0 aliphatic rings. The molecule has 3 aromatic rings. The summed E-state index contributed by atoms with van der Waals surface area (Å²) < 4.78 is 0. The first-order valence-corrected chi connectivity index (χ1v) is 8.66. The largest absolute Gasteiger partial charge is 0.334 e. The summed E-state index contributed by atoms with van der Waals surface area (Å²) in [6.45, 7) is 4.50. The summed E-state index contributed by atoms with van der Waals surface area (Å²) in [5.41, 5.74) is 6.12. The maximum Gasteiger partial charge on any atom is 0.319 e. The lowest BCUT2D eigenvalue weighted by molar-refractivity contribution is 0.252. The molecule has 0 saturated heterocycles. The second-order valence-corrected chi connectivity index (χ2v) is 6.41. The molecule has 0 fully saturated rings. The second kappa shape index (κ2) is 7.27. The van der Waals surface area contributed by atoms with Crippen molar-refractivity contribution in [1.82, 2.24) is 10.3 Å². The molecule has 3 rings (SSSR count). The van der Waals surface area contributed by atoms with E-state index in [9.17, 15) is 4.79 Å². The van der Waals surface area contributed by atoms with E-state index in [4.69, 9.17) is 0 Å². The van der Waals surface area contributed by atoms with Crippen LogP contribution in [0.4, 0.5) is 10.5 Å². The van der Waals surface area contributed by atoms with Crippen molar-refractivity contribution >= 4 is 23.1 Å². The Morgan fingerprint density at radius 1 is 1.17 bits per heavy atom. The zero-order chi connectivity index (χ0) is 16.9. The van der Waals surface area contributed by atoms with E-state index in [0.717, 1.165) is 28.1 Å². The molecule has 0 aliphatic heterocycles. The van der Waals surface area contributed by atoms with Crippen molar-refractivity contribution in [3.63, 3.8) is 0 Å². The van der Waals surface area contributed by atoms with Crippen molar-refractivity contribution in [3.05, 3.63) is 70.0 Å². The van der Waals surface area contributed by atoms with Crippen LogP contribution >= 0.6 is 11.3 Å². The van der Waals surface area contributed by atoms with Crippen molar-refractivity contribution in [1.29, 1.82) is 0 Å². The van der Waals surface area contributed by atoms with Crippen molar-refractivity contribution in [2.75, 3.05) is 5.32 Å². The highest BCUT2D eigenvalue weighted by Gasteiger charge is 2.08. The third kappa shape index (κ3) is 3.81. The summed E-state index contributed by atoms with van der Waals surface area (Å²) >= 11 is 1.63. The smallest absolute Gasteiger partial charge is 0.319 e. The number of anilines is 1. The average Bonchev–Trinajstić information content (AvgIpc) is 3.11. The van der Waals surface area contributed by atoms with Gasteiger partial charge in [-0.2, -0.15) is 11.3 Å². The van der Waals surface area contributed by atoms with Gasteiger partial charge in [-0.15, -0.1) is 0 Å². The van der Waals surface area contributed by atoms with Gasteiger partial charge in [0, 0.05) is 29.4 Å². The van der Waals surface area contributed by atoms with E-state index in [1.807, 2.05) is 55.6 Å². The Balaban J connectivity index is 1.66. The van der Waals surface area contributed by atoms with Crippen molar-refractivity contribution in [3.8, 4) is 11.3 Å². The summed E-state index contributed by atoms with van der Waals surface area (Å²) in [6, 6.07) is 11.5. The molecule has 0 saturated carbocycles. The normalized spacial score (nSPS) is 10.4. The van der Waals surface area contributed by atoms with E-state index < -0.39 is 0 Å². The SMILES string of the molecule is Cc1ccc(NC(=O)NCc2cccnc2-c2ccsc2)cc1C. The molecule has 2 aromatic heterocycles. The quantitative estimate of drug-likeness (QED) is 0.722. The first kappa shape index (κ1) is 16.2. The average molecular weight is 337 g/mol. The number of aryl methyl sites for hydroxylation is 2. The number of urea groups is 1. The first-order valence-electron chi connectivity index (χ1n) is 7.72. The van der Waals surface area contributed by atoms with Gasteiger partial charge in [-0.3, -0.25) is 4.98 Å². The lowest BCUT2D eigenvalue weighted by atomic mass is 10.1. The van der Waals surface area contributed by atoms with E-state index >= 15 is 0 Å². The number of thiophene rings is 1. The van der Waals surface area contributed by atoms with Crippen LogP contribution in [0.3, 0.4) is 0 Å². The highest BCUT2D eigenvalue weighted by Crippen LogP contribution is 2.23. The number of carbonyl (C=O) groups excluding carboxylic acids is 1. The fourth-order valence-electron chi connectivity index (χ4n) is 2.41. The van der Waals surface area contributed by atoms with E-state index in [2.05, 4.69) is 21.0 Å². The van der Waals surface area contributed by atoms with Gasteiger partial charge >= 0.3 is 6.03 Å². The minimum Gasteiger partial charge on any atom is -0.334 e. The lowest BCUT2D eigenvalue weighted by Crippen LogP contribution is -2.28. The van der Waals surface area contributed by atoms with Crippen LogP contribution in [0.5, 0.6) is 0 Å². The van der Waals surface area contributed by atoms with Gasteiger partial charge in [-0.1, -0.05) is 12.1 Å². The monoisotopic (exact) mass is 337 g/mol. The number of hydrogen-bond donors (Lipinski definition) is 2. The zero-order valence-electron chi connectivity index (χ0n) is 13.7. The molecule has 122 valence electrons. The van der Waals surface area contributed by atoms with Crippen molar-refractivity contribution < 1.29 is 4.79 Å². The number of amides is 2. The molecule has 0 bridgehead atoms. The Hall–Kier alpha value is -2.66. The van der Waals surface area contributed by atoms with Crippen LogP contribution in [0.15, 0.2) is 53.4 Å². The third-order valence-corrected chi connectivity index (χ3v) is 4.57. The van der Waals surface area contributed by atoms with Crippen LogP contribution < -0.4 is 10.6 Å². The number of carbonyl (C=O) groups is 1. The third-order valence-electron chi connectivity index (χ3n) is 3.89. The molecule has 0 spiro atoms. The molecule has 2 heterocycles. The van der Waals surface area contributed by atoms with Gasteiger partial charge in [0.2, 0.25) is 0 Å². The molecule has 0 unspecified atom stereocenters. The summed E-state index contributed by atoms with van der Waals surface area (Å²) in [5.74, 6) is 0. The van der Waals surface area contributed by atoms with E-state index in [1.54, 1.807) is 17.5 Å². The zero-order valence-corrected chi connectivity index (χ0v) is 14.5. The van der Waals surface area contributed by atoms with E-state index in [-0.39, 0.29) is 6.03 Å². The molecular weight excluding hydrogens is 318 g/mol. The van der Waals surface area contributed by atoms with Gasteiger partial charge in [0.1, 0.15) is 0 Å². The van der Waals surface area contributed by atoms with Gasteiger partial charge in [0.15, 0.2) is 0 Å². The lowest BCUT2D eigenvalue weighted by Gasteiger charge is -2.11. The molecule has 1 aromatic carbocycles. The molecule has 0 aliphatic carbocycles. The molecular formula is C19H19N3OS. The number of aromatic nitrogens is 1. The van der Waals surface area contributed by atoms with Crippen LogP contribution in [-0.2, 0) is 6.54 Å². The standard InChI is InChI=1S/C19H19N3OS/c1-13-5-6-17(10-14(13)2)22-19(23)21-11-15-4-3-8-20-18(15)16-7-9-24-12-16/h3-10,12H,11H2,1-2H3,(H2,21,22,23). The molecule has 5 heteroatoms. The van der Waals surface area contributed by atoms with Crippen LogP contribution in [0.25, 0.3) is 11.3 Å². The fraction of sp³-hybridized carbons (Fsp3) is 0.158. The number of hydrogen-bond acceptors (Lipinski definition) is 3. The summed E-state index contributed by atoms with van der Waals surface area (Å²) in [4.78, 5) is 16.6. The molecule has 2 N–H and O–H groups in total. The van der Waals surface area contributed by atoms with Gasteiger partial charge in [0.25, 0.3) is 0 Å². The van der Waals surface area contributed by atoms with Crippen LogP contribution in [0.1, 0.15) is 16.7 Å². The second-order valence-electron chi connectivity index (χ2n) is 5.63. The fourth-order valence-corrected chi connectivity index (χ4v) is 3.05. The highest BCUT2D eigenvalue weighted by molar-refractivity contribution is 7.08. The molecule has 4 nitrogen and oxygen atoms in total. The highest BCUT2D eigenvalue weighted by atomic mass is 32.1. The van der Waals surface area contributed by atoms with Crippen LogP contribution in [0, 0.1) is 13.8 Å². The predicted octanol–water partition coefficient (Wildman–Crippen LogP) is 4.75. The Kier molecular flexibility index (Phi) is 4.91. The van der Waals surface area contributed by atoms with Gasteiger partial charge in [0.05, 0.1) is 5.69 Å². The minimum atomic E-state index is -0.224. The van der Waals surface area contributed by atoms with Gasteiger partial charge < -0.3 is 10.6 Å². The van der Waals surface area contributed by atoms with Crippen molar-refractivity contribution in [2.45, 2.75) is 20.4 Å². The van der Waals surface area contributed by atoms with E-state index in [0.29, 0.717) is 6.54 Å². The molecule has 24 heavy (non-hydrogen) atoms. The Morgan fingerprint density at radius 2 is 2.04 bits per heavy atom. The number of pyridine rings is 1. The maximum absolute atomic E-state index is 12.1. The summed E-state index contributed by atoms with van der Waals surface area (Å²) in [5, 5.41) is 9.84. The predicted molar refractivity (Wildman–Crippen MR) is 99.3 cm³/mol. The van der Waals surface area contributed by atoms with Crippen molar-refractivity contribution in [2.24, 2.45) is 0 Å². The number of nitrogens with one attached hydrogen (secondary N) is 2. The summed E-state index contributed by atoms with van der Waals surface area (Å²) in [7, 11) is 0. The number of rotatable bonds is 4. The van der Waals surface area contributed by atoms with E-state index in [1.165, 1.54) is 5.56 Å². The Morgan fingerprint density at radius 3 is 2.79 bits per heavy atom. The molecule has 2 amide bonds. The molecule has 0 radical (unpaired) electrons. The number of nitrogens with zero attached hydrogens (tertiary/aromatic N) is 1. The minimum absolute atomic E-state index is 0.224. The first-order chi connectivity index (χ1) is 11.6. The van der Waals surface area contributed by atoms with Gasteiger partial charge in [-0.05, 0) is 60.2 Å². The maximum atomic E-state index is 12.1.